The fourth-order valence-corrected chi connectivity index (χ4v) is 4.76. The quantitative estimate of drug-likeness (QED) is 0.491. The average molecular weight is 493 g/mol. The molecule has 1 aliphatic rings. The summed E-state index contributed by atoms with van der Waals surface area (Å²) in [7, 11) is 0. The van der Waals surface area contributed by atoms with Crippen LogP contribution in [0.4, 0.5) is 4.79 Å². The number of carboxylic acid groups (broad SMARTS) is 1. The standard InChI is InChI=1S/C28H36N4O4/c1-18(2)26(33)30-16-19-6-8-23-20(14-19)10-12-31(23)25-9-7-22(17-29-25)36-21-11-13-32(27(34)35)24(15-21)28(3,4)5/h6-10,12,14,17-18,21,24H,11,13,15-16H2,1-5H3,(H,30,33)(H,34,35). The number of hydrogen-bond donors (Lipinski definition) is 2. The maximum absolute atomic E-state index is 11.9. The SMILES string of the molecule is CC(C)C(=O)NCc1ccc2c(ccn2-c2ccc(OC3CCN(C(=O)O)C(C(C)(C)C)C3)cn2)c1. The molecule has 3 heterocycles. The van der Waals surface area contributed by atoms with Crippen molar-refractivity contribution in [3.05, 3.63) is 54.4 Å². The molecule has 0 radical (unpaired) electrons. The van der Waals surface area contributed by atoms with Crippen LogP contribution in [0.15, 0.2) is 48.8 Å². The number of pyridine rings is 1. The van der Waals surface area contributed by atoms with Crippen molar-refractivity contribution < 1.29 is 19.4 Å². The van der Waals surface area contributed by atoms with Gasteiger partial charge in [0.05, 0.1) is 11.7 Å². The second kappa shape index (κ2) is 10.2. The maximum atomic E-state index is 11.9. The van der Waals surface area contributed by atoms with Gasteiger partial charge in [-0.15, -0.1) is 0 Å². The van der Waals surface area contributed by atoms with Crippen molar-refractivity contribution in [2.24, 2.45) is 11.3 Å². The van der Waals surface area contributed by atoms with Crippen LogP contribution in [0.3, 0.4) is 0 Å². The molecule has 2 unspecified atom stereocenters. The minimum absolute atomic E-state index is 0.0368. The highest BCUT2D eigenvalue weighted by molar-refractivity contribution is 5.83. The Morgan fingerprint density at radius 1 is 1.19 bits per heavy atom. The average Bonchev–Trinajstić information content (AvgIpc) is 3.25. The summed E-state index contributed by atoms with van der Waals surface area (Å²) in [6, 6.07) is 11.9. The molecule has 3 aromatic rings. The molecule has 1 aromatic carbocycles. The van der Waals surface area contributed by atoms with Crippen molar-refractivity contribution in [3.8, 4) is 11.6 Å². The minimum atomic E-state index is -0.870. The zero-order chi connectivity index (χ0) is 26.0. The van der Waals surface area contributed by atoms with E-state index in [1.165, 1.54) is 0 Å². The van der Waals surface area contributed by atoms with Gasteiger partial charge in [0.2, 0.25) is 5.91 Å². The number of nitrogens with zero attached hydrogens (tertiary/aromatic N) is 3. The molecule has 192 valence electrons. The normalized spacial score (nSPS) is 18.4. The molecule has 2 amide bonds. The first-order valence-electron chi connectivity index (χ1n) is 12.5. The fourth-order valence-electron chi connectivity index (χ4n) is 4.76. The van der Waals surface area contributed by atoms with E-state index in [0.717, 1.165) is 22.3 Å². The lowest BCUT2D eigenvalue weighted by atomic mass is 9.80. The Bertz CT molecular complexity index is 1230. The van der Waals surface area contributed by atoms with Crippen molar-refractivity contribution >= 4 is 22.9 Å². The van der Waals surface area contributed by atoms with Gasteiger partial charge in [-0.1, -0.05) is 40.7 Å². The Labute approximate surface area is 212 Å². The Kier molecular flexibility index (Phi) is 7.24. The first-order valence-corrected chi connectivity index (χ1v) is 12.5. The number of hydrogen-bond acceptors (Lipinski definition) is 4. The molecule has 0 saturated carbocycles. The van der Waals surface area contributed by atoms with Gasteiger partial charge in [-0.05, 0) is 41.3 Å². The summed E-state index contributed by atoms with van der Waals surface area (Å²) in [5, 5.41) is 13.6. The van der Waals surface area contributed by atoms with Gasteiger partial charge in [0.1, 0.15) is 17.7 Å². The third kappa shape index (κ3) is 5.64. The molecule has 2 aromatic heterocycles. The molecule has 0 aliphatic carbocycles. The summed E-state index contributed by atoms with van der Waals surface area (Å²) in [6.07, 6.45) is 4.10. The molecule has 8 heteroatoms. The fraction of sp³-hybridized carbons (Fsp3) is 0.464. The first kappa shape index (κ1) is 25.5. The van der Waals surface area contributed by atoms with E-state index in [1.807, 2.05) is 54.9 Å². The van der Waals surface area contributed by atoms with Crippen LogP contribution in [0.5, 0.6) is 5.75 Å². The third-order valence-corrected chi connectivity index (χ3v) is 6.82. The molecule has 8 nitrogen and oxygen atoms in total. The number of aromatic nitrogens is 2. The smallest absolute Gasteiger partial charge is 0.407 e. The molecular formula is C28H36N4O4. The third-order valence-electron chi connectivity index (χ3n) is 6.82. The number of nitrogens with one attached hydrogen (secondary N) is 1. The van der Waals surface area contributed by atoms with Gasteiger partial charge in [0.15, 0.2) is 0 Å². The van der Waals surface area contributed by atoms with Gasteiger partial charge in [-0.2, -0.15) is 0 Å². The number of piperidine rings is 1. The van der Waals surface area contributed by atoms with Crippen LogP contribution >= 0.6 is 0 Å². The molecule has 0 spiro atoms. The summed E-state index contributed by atoms with van der Waals surface area (Å²) in [5.41, 5.74) is 1.91. The number of carbonyl (C=O) groups is 2. The number of likely N-dealkylation sites (tertiary alicyclic amines) is 1. The van der Waals surface area contributed by atoms with Crippen LogP contribution in [0, 0.1) is 11.3 Å². The molecule has 1 aliphatic heterocycles. The van der Waals surface area contributed by atoms with Crippen molar-refractivity contribution in [2.45, 2.75) is 66.2 Å². The molecule has 1 fully saturated rings. The summed E-state index contributed by atoms with van der Waals surface area (Å²) in [4.78, 5) is 29.7. The lowest BCUT2D eigenvalue weighted by Crippen LogP contribution is -2.53. The van der Waals surface area contributed by atoms with Crippen molar-refractivity contribution in [2.75, 3.05) is 6.54 Å². The predicted molar refractivity (Wildman–Crippen MR) is 139 cm³/mol. The van der Waals surface area contributed by atoms with E-state index in [9.17, 15) is 14.7 Å². The van der Waals surface area contributed by atoms with Crippen LogP contribution < -0.4 is 10.1 Å². The van der Waals surface area contributed by atoms with E-state index in [2.05, 4.69) is 37.1 Å². The van der Waals surface area contributed by atoms with Crippen LogP contribution in [0.1, 0.15) is 53.0 Å². The van der Waals surface area contributed by atoms with Crippen LogP contribution in [-0.4, -0.2) is 50.2 Å². The highest BCUT2D eigenvalue weighted by atomic mass is 16.5. The van der Waals surface area contributed by atoms with E-state index in [0.29, 0.717) is 31.7 Å². The van der Waals surface area contributed by atoms with Gasteiger partial charge in [0, 0.05) is 49.5 Å². The lowest BCUT2D eigenvalue weighted by Gasteiger charge is -2.44. The van der Waals surface area contributed by atoms with Gasteiger partial charge in [-0.3, -0.25) is 4.79 Å². The van der Waals surface area contributed by atoms with Gasteiger partial charge < -0.3 is 24.6 Å². The molecule has 2 atom stereocenters. The second-order valence-electron chi connectivity index (χ2n) is 10.9. The molecule has 0 bridgehead atoms. The minimum Gasteiger partial charge on any atom is -0.489 e. The Morgan fingerprint density at radius 3 is 2.61 bits per heavy atom. The molecular weight excluding hydrogens is 456 g/mol. The molecule has 1 saturated heterocycles. The largest absolute Gasteiger partial charge is 0.489 e. The summed E-state index contributed by atoms with van der Waals surface area (Å²) in [6.45, 7) is 10.9. The monoisotopic (exact) mass is 492 g/mol. The highest BCUT2D eigenvalue weighted by Gasteiger charge is 2.39. The van der Waals surface area contributed by atoms with E-state index in [-0.39, 0.29) is 29.4 Å². The highest BCUT2D eigenvalue weighted by Crippen LogP contribution is 2.33. The van der Waals surface area contributed by atoms with Crippen molar-refractivity contribution in [1.29, 1.82) is 0 Å². The summed E-state index contributed by atoms with van der Waals surface area (Å²) >= 11 is 0. The van der Waals surface area contributed by atoms with Crippen LogP contribution in [-0.2, 0) is 11.3 Å². The van der Waals surface area contributed by atoms with E-state index < -0.39 is 6.09 Å². The first-order chi connectivity index (χ1) is 17.0. The Balaban J connectivity index is 1.44. The summed E-state index contributed by atoms with van der Waals surface area (Å²) in [5.74, 6) is 1.47. The van der Waals surface area contributed by atoms with Gasteiger partial charge in [0.25, 0.3) is 0 Å². The van der Waals surface area contributed by atoms with Crippen LogP contribution in [0.25, 0.3) is 16.7 Å². The predicted octanol–water partition coefficient (Wildman–Crippen LogP) is 5.23. The van der Waals surface area contributed by atoms with Crippen LogP contribution in [0.2, 0.25) is 0 Å². The van der Waals surface area contributed by atoms with E-state index >= 15 is 0 Å². The van der Waals surface area contributed by atoms with Gasteiger partial charge >= 0.3 is 6.09 Å². The molecule has 4 rings (SSSR count). The van der Waals surface area contributed by atoms with E-state index in [4.69, 9.17) is 4.74 Å². The number of carbonyl (C=O) groups excluding carboxylic acids is 1. The molecule has 36 heavy (non-hydrogen) atoms. The van der Waals surface area contributed by atoms with Gasteiger partial charge in [-0.25, -0.2) is 9.78 Å². The molecule has 2 N–H and O–H groups in total. The lowest BCUT2D eigenvalue weighted by molar-refractivity contribution is -0.124. The number of rotatable bonds is 6. The zero-order valence-electron chi connectivity index (χ0n) is 21.7. The number of ether oxygens (including phenoxy) is 1. The van der Waals surface area contributed by atoms with Crippen molar-refractivity contribution in [3.63, 3.8) is 0 Å². The van der Waals surface area contributed by atoms with Crippen molar-refractivity contribution in [1.82, 2.24) is 19.8 Å². The maximum Gasteiger partial charge on any atom is 0.407 e. The number of amides is 2. The topological polar surface area (TPSA) is 96.7 Å². The van der Waals surface area contributed by atoms with E-state index in [1.54, 1.807) is 11.1 Å². The second-order valence-corrected chi connectivity index (χ2v) is 10.9. The number of benzene rings is 1. The summed E-state index contributed by atoms with van der Waals surface area (Å²) < 4.78 is 8.25. The zero-order valence-corrected chi connectivity index (χ0v) is 21.7. The Morgan fingerprint density at radius 2 is 1.97 bits per heavy atom. The number of fused-ring (bicyclic) bond motifs is 1. The Hall–Kier alpha value is -3.55.